The summed E-state index contributed by atoms with van der Waals surface area (Å²) in [6, 6.07) is 4.39. The van der Waals surface area contributed by atoms with Gasteiger partial charge >= 0.3 is 0 Å². The summed E-state index contributed by atoms with van der Waals surface area (Å²) in [5, 5.41) is 4.60. The second-order valence-corrected chi connectivity index (χ2v) is 6.77. The van der Waals surface area contributed by atoms with E-state index in [1.165, 1.54) is 12.8 Å². The molecule has 1 saturated heterocycles. The van der Waals surface area contributed by atoms with Gasteiger partial charge < -0.3 is 14.8 Å². The van der Waals surface area contributed by atoms with Crippen molar-refractivity contribution in [2.45, 2.75) is 31.5 Å². The monoisotopic (exact) mass is 344 g/mol. The molecule has 0 bridgehead atoms. The van der Waals surface area contributed by atoms with Crippen LogP contribution in [0.3, 0.4) is 0 Å². The van der Waals surface area contributed by atoms with Crippen LogP contribution >= 0.6 is 23.2 Å². The molecule has 0 radical (unpaired) electrons. The molecule has 0 aromatic heterocycles. The molecule has 2 aliphatic rings. The van der Waals surface area contributed by atoms with Crippen molar-refractivity contribution < 1.29 is 9.47 Å². The number of nitrogens with one attached hydrogen (secondary N) is 1. The molecule has 1 unspecified atom stereocenters. The predicted octanol–water partition coefficient (Wildman–Crippen LogP) is 2.95. The Balaban J connectivity index is 1.52. The second kappa shape index (κ2) is 7.37. The van der Waals surface area contributed by atoms with Crippen LogP contribution < -0.4 is 10.1 Å². The van der Waals surface area contributed by atoms with Gasteiger partial charge in [0.05, 0.1) is 24.8 Å². The topological polar surface area (TPSA) is 33.7 Å². The molecule has 1 saturated carbocycles. The molecule has 1 aromatic carbocycles. The highest BCUT2D eigenvalue weighted by Gasteiger charge is 2.32. The first kappa shape index (κ1) is 16.3. The fourth-order valence-corrected chi connectivity index (χ4v) is 3.59. The van der Waals surface area contributed by atoms with Crippen LogP contribution in [0.4, 0.5) is 0 Å². The Morgan fingerprint density at radius 2 is 2.18 bits per heavy atom. The molecular formula is C16H22Cl2N2O2. The van der Waals surface area contributed by atoms with E-state index in [0.29, 0.717) is 22.3 Å². The third kappa shape index (κ3) is 4.06. The number of benzene rings is 1. The van der Waals surface area contributed by atoms with Gasteiger partial charge in [0.15, 0.2) is 0 Å². The lowest BCUT2D eigenvalue weighted by atomic mass is 10.2. The molecule has 1 aliphatic carbocycles. The lowest BCUT2D eigenvalue weighted by Gasteiger charge is -2.33. The Morgan fingerprint density at radius 3 is 2.91 bits per heavy atom. The van der Waals surface area contributed by atoms with Crippen LogP contribution in [0.5, 0.6) is 5.75 Å². The Hall–Kier alpha value is -0.520. The van der Waals surface area contributed by atoms with Crippen molar-refractivity contribution in [3.63, 3.8) is 0 Å². The minimum absolute atomic E-state index is 0.245. The summed E-state index contributed by atoms with van der Waals surface area (Å²) < 4.78 is 11.2. The summed E-state index contributed by atoms with van der Waals surface area (Å²) in [5.74, 6) is 0.683. The van der Waals surface area contributed by atoms with E-state index in [1.807, 2.05) is 6.07 Å². The van der Waals surface area contributed by atoms with Crippen molar-refractivity contribution >= 4 is 23.2 Å². The van der Waals surface area contributed by atoms with Crippen LogP contribution in [-0.2, 0) is 11.3 Å². The lowest BCUT2D eigenvalue weighted by Crippen LogP contribution is -2.47. The van der Waals surface area contributed by atoms with E-state index < -0.39 is 0 Å². The number of methoxy groups -OCH3 is 1. The number of hydrogen-bond acceptors (Lipinski definition) is 4. The van der Waals surface area contributed by atoms with E-state index in [4.69, 9.17) is 32.7 Å². The molecule has 6 heteroatoms. The highest BCUT2D eigenvalue weighted by Crippen LogP contribution is 2.32. The van der Waals surface area contributed by atoms with Crippen LogP contribution in [0, 0.1) is 0 Å². The smallest absolute Gasteiger partial charge is 0.142 e. The Kier molecular flexibility index (Phi) is 5.47. The quantitative estimate of drug-likeness (QED) is 0.860. The first-order chi connectivity index (χ1) is 10.7. The Morgan fingerprint density at radius 1 is 1.36 bits per heavy atom. The molecule has 1 N–H and O–H groups in total. The van der Waals surface area contributed by atoms with E-state index >= 15 is 0 Å². The standard InChI is InChI=1S/C16H22Cl2N2O2/c1-21-16-11(6-12(17)7-15(16)18)8-19-9-14-10-20(4-5-22-14)13-2-3-13/h6-7,13-14,19H,2-5,8-10H2,1H3. The SMILES string of the molecule is COc1c(Cl)cc(Cl)cc1CNCC1CN(C2CC2)CCO1. The van der Waals surface area contributed by atoms with E-state index in [0.717, 1.165) is 37.8 Å². The van der Waals surface area contributed by atoms with Crippen molar-refractivity contribution in [3.05, 3.63) is 27.7 Å². The number of halogens is 2. The van der Waals surface area contributed by atoms with Crippen molar-refractivity contribution in [2.75, 3.05) is 33.4 Å². The maximum atomic E-state index is 6.15. The van der Waals surface area contributed by atoms with Gasteiger partial charge in [-0.05, 0) is 25.0 Å². The Bertz CT molecular complexity index is 523. The average Bonchev–Trinajstić information content (AvgIpc) is 3.32. The zero-order valence-electron chi connectivity index (χ0n) is 12.8. The van der Waals surface area contributed by atoms with Crippen molar-refractivity contribution in [3.8, 4) is 5.75 Å². The summed E-state index contributed by atoms with van der Waals surface area (Å²) in [4.78, 5) is 2.55. The number of morpholine rings is 1. The normalized spacial score (nSPS) is 22.8. The maximum Gasteiger partial charge on any atom is 0.142 e. The molecule has 1 heterocycles. The van der Waals surface area contributed by atoms with Gasteiger partial charge in [-0.2, -0.15) is 0 Å². The molecular weight excluding hydrogens is 323 g/mol. The molecule has 2 fully saturated rings. The van der Waals surface area contributed by atoms with Gasteiger partial charge in [-0.25, -0.2) is 0 Å². The third-order valence-corrected chi connectivity index (χ3v) is 4.71. The molecule has 1 atom stereocenters. The number of hydrogen-bond donors (Lipinski definition) is 1. The minimum atomic E-state index is 0.245. The first-order valence-corrected chi connectivity index (χ1v) is 8.51. The summed E-state index contributed by atoms with van der Waals surface area (Å²) in [6.45, 7) is 4.39. The fraction of sp³-hybridized carbons (Fsp3) is 0.625. The number of nitrogens with zero attached hydrogens (tertiary/aromatic N) is 1. The summed E-state index contributed by atoms with van der Waals surface area (Å²) in [7, 11) is 1.62. The van der Waals surface area contributed by atoms with Crippen LogP contribution in [-0.4, -0.2) is 50.4 Å². The van der Waals surface area contributed by atoms with Gasteiger partial charge in [-0.1, -0.05) is 23.2 Å². The van der Waals surface area contributed by atoms with E-state index in [2.05, 4.69) is 10.2 Å². The van der Waals surface area contributed by atoms with Gasteiger partial charge in [0, 0.05) is 42.8 Å². The van der Waals surface area contributed by atoms with E-state index in [9.17, 15) is 0 Å². The average molecular weight is 345 g/mol. The predicted molar refractivity (Wildman–Crippen MR) is 89.1 cm³/mol. The molecule has 0 spiro atoms. The zero-order valence-corrected chi connectivity index (χ0v) is 14.3. The highest BCUT2D eigenvalue weighted by molar-refractivity contribution is 6.35. The van der Waals surface area contributed by atoms with Gasteiger partial charge in [0.1, 0.15) is 5.75 Å². The second-order valence-electron chi connectivity index (χ2n) is 5.93. The van der Waals surface area contributed by atoms with Crippen LogP contribution in [0.2, 0.25) is 10.0 Å². The lowest BCUT2D eigenvalue weighted by molar-refractivity contribution is -0.0301. The molecule has 3 rings (SSSR count). The Labute approximate surface area is 141 Å². The summed E-state index contributed by atoms with van der Waals surface area (Å²) in [6.07, 6.45) is 2.94. The van der Waals surface area contributed by atoms with Crippen LogP contribution in [0.25, 0.3) is 0 Å². The van der Waals surface area contributed by atoms with Gasteiger partial charge in [0.2, 0.25) is 0 Å². The van der Waals surface area contributed by atoms with E-state index in [-0.39, 0.29) is 6.10 Å². The van der Waals surface area contributed by atoms with Gasteiger partial charge in [0.25, 0.3) is 0 Å². The maximum absolute atomic E-state index is 6.15. The minimum Gasteiger partial charge on any atom is -0.495 e. The summed E-state index contributed by atoms with van der Waals surface area (Å²) in [5.41, 5.74) is 0.967. The van der Waals surface area contributed by atoms with Crippen molar-refractivity contribution in [2.24, 2.45) is 0 Å². The van der Waals surface area contributed by atoms with Crippen molar-refractivity contribution in [1.82, 2.24) is 10.2 Å². The van der Waals surface area contributed by atoms with E-state index in [1.54, 1.807) is 13.2 Å². The van der Waals surface area contributed by atoms with Crippen LogP contribution in [0.15, 0.2) is 12.1 Å². The largest absolute Gasteiger partial charge is 0.495 e. The van der Waals surface area contributed by atoms with Crippen molar-refractivity contribution in [1.29, 1.82) is 0 Å². The summed E-state index contributed by atoms with van der Waals surface area (Å²) >= 11 is 12.2. The number of ether oxygens (including phenoxy) is 2. The first-order valence-electron chi connectivity index (χ1n) is 7.75. The van der Waals surface area contributed by atoms with Gasteiger partial charge in [-0.15, -0.1) is 0 Å². The molecule has 1 aromatic rings. The van der Waals surface area contributed by atoms with Gasteiger partial charge in [-0.3, -0.25) is 4.90 Å². The molecule has 1 aliphatic heterocycles. The molecule has 0 amide bonds. The molecule has 22 heavy (non-hydrogen) atoms. The number of rotatable bonds is 6. The zero-order chi connectivity index (χ0) is 15.5. The fourth-order valence-electron chi connectivity index (χ4n) is 2.98. The third-order valence-electron chi connectivity index (χ3n) is 4.21. The molecule has 122 valence electrons. The van der Waals surface area contributed by atoms with Crippen LogP contribution in [0.1, 0.15) is 18.4 Å². The molecule has 4 nitrogen and oxygen atoms in total. The highest BCUT2D eigenvalue weighted by atomic mass is 35.5.